The van der Waals surface area contributed by atoms with Crippen LogP contribution in [0.4, 0.5) is 0 Å². The van der Waals surface area contributed by atoms with E-state index in [9.17, 15) is 4.79 Å². The molecule has 0 aliphatic rings. The Labute approximate surface area is 121 Å². The van der Waals surface area contributed by atoms with Gasteiger partial charge in [0.15, 0.2) is 0 Å². The lowest BCUT2D eigenvalue weighted by atomic mass is 10.00. The molecule has 0 saturated carbocycles. The molecule has 112 valence electrons. The largest absolute Gasteiger partial charge is 0.377 e. The third-order valence-corrected chi connectivity index (χ3v) is 3.05. The zero-order valence-electron chi connectivity index (χ0n) is 12.7. The first-order valence-electron chi connectivity index (χ1n) is 7.12. The highest BCUT2D eigenvalue weighted by Gasteiger charge is 2.13. The van der Waals surface area contributed by atoms with Gasteiger partial charge in [-0.25, -0.2) is 0 Å². The number of carbonyl (C=O) groups excluding carboxylic acids is 1. The summed E-state index contributed by atoms with van der Waals surface area (Å²) in [6, 6.07) is 8.00. The van der Waals surface area contributed by atoms with Gasteiger partial charge < -0.3 is 15.8 Å². The standard InChI is InChI=1S/C16H26N2O2/c1-4-20-12-14-8-6-5-7-13(14)11-18-15(19)9-10-16(2,3)17/h5-8H,4,9-12,17H2,1-3H3,(H,18,19). The first-order valence-corrected chi connectivity index (χ1v) is 7.12. The first kappa shape index (κ1) is 16.7. The van der Waals surface area contributed by atoms with Crippen molar-refractivity contribution in [3.05, 3.63) is 35.4 Å². The van der Waals surface area contributed by atoms with Crippen LogP contribution in [0.1, 0.15) is 44.7 Å². The van der Waals surface area contributed by atoms with Crippen molar-refractivity contribution in [3.63, 3.8) is 0 Å². The van der Waals surface area contributed by atoms with Gasteiger partial charge in [-0.05, 0) is 38.3 Å². The lowest BCUT2D eigenvalue weighted by molar-refractivity contribution is -0.121. The van der Waals surface area contributed by atoms with E-state index in [0.29, 0.717) is 32.6 Å². The molecule has 0 radical (unpaired) electrons. The van der Waals surface area contributed by atoms with E-state index in [1.807, 2.05) is 45.0 Å². The Morgan fingerprint density at radius 1 is 1.30 bits per heavy atom. The molecule has 1 rings (SSSR count). The lowest BCUT2D eigenvalue weighted by Crippen LogP contribution is -2.34. The van der Waals surface area contributed by atoms with Gasteiger partial charge in [0.1, 0.15) is 0 Å². The minimum atomic E-state index is -0.301. The Kier molecular flexibility index (Phi) is 6.68. The van der Waals surface area contributed by atoms with E-state index in [2.05, 4.69) is 5.32 Å². The average molecular weight is 278 g/mol. The quantitative estimate of drug-likeness (QED) is 0.767. The van der Waals surface area contributed by atoms with Crippen molar-refractivity contribution in [3.8, 4) is 0 Å². The van der Waals surface area contributed by atoms with Crippen LogP contribution < -0.4 is 11.1 Å². The molecule has 0 aliphatic carbocycles. The van der Waals surface area contributed by atoms with Gasteiger partial charge in [0, 0.05) is 25.1 Å². The van der Waals surface area contributed by atoms with Crippen LogP contribution in [0.2, 0.25) is 0 Å². The lowest BCUT2D eigenvalue weighted by Gasteiger charge is -2.17. The monoisotopic (exact) mass is 278 g/mol. The third-order valence-electron chi connectivity index (χ3n) is 3.05. The first-order chi connectivity index (χ1) is 9.42. The number of nitrogens with one attached hydrogen (secondary N) is 1. The summed E-state index contributed by atoms with van der Waals surface area (Å²) in [7, 11) is 0. The summed E-state index contributed by atoms with van der Waals surface area (Å²) in [5.41, 5.74) is 7.79. The molecule has 0 atom stereocenters. The fourth-order valence-electron chi connectivity index (χ4n) is 1.80. The molecule has 0 fully saturated rings. The molecule has 4 heteroatoms. The van der Waals surface area contributed by atoms with E-state index in [-0.39, 0.29) is 11.4 Å². The Balaban J connectivity index is 2.46. The highest BCUT2D eigenvalue weighted by atomic mass is 16.5. The van der Waals surface area contributed by atoms with Gasteiger partial charge in [0.05, 0.1) is 6.61 Å². The second-order valence-electron chi connectivity index (χ2n) is 5.67. The third kappa shape index (κ3) is 6.68. The number of amides is 1. The predicted molar refractivity (Wildman–Crippen MR) is 81.1 cm³/mol. The SMILES string of the molecule is CCOCc1ccccc1CNC(=O)CCC(C)(C)N. The summed E-state index contributed by atoms with van der Waals surface area (Å²) in [5, 5.41) is 2.94. The maximum atomic E-state index is 11.8. The van der Waals surface area contributed by atoms with Crippen LogP contribution >= 0.6 is 0 Å². The van der Waals surface area contributed by atoms with Gasteiger partial charge >= 0.3 is 0 Å². The zero-order chi connectivity index (χ0) is 15.0. The van der Waals surface area contributed by atoms with Crippen molar-refractivity contribution in [1.29, 1.82) is 0 Å². The highest BCUT2D eigenvalue weighted by molar-refractivity contribution is 5.76. The molecule has 0 heterocycles. The fraction of sp³-hybridized carbons (Fsp3) is 0.562. The molecule has 1 aromatic rings. The number of nitrogens with two attached hydrogens (primary N) is 1. The number of hydrogen-bond acceptors (Lipinski definition) is 3. The number of rotatable bonds is 8. The molecule has 0 aromatic heterocycles. The van der Waals surface area contributed by atoms with Crippen molar-refractivity contribution in [2.45, 2.75) is 52.3 Å². The average Bonchev–Trinajstić information content (AvgIpc) is 2.40. The van der Waals surface area contributed by atoms with E-state index < -0.39 is 0 Å². The molecular weight excluding hydrogens is 252 g/mol. The Morgan fingerprint density at radius 2 is 1.95 bits per heavy atom. The molecule has 0 bridgehead atoms. The minimum absolute atomic E-state index is 0.0368. The van der Waals surface area contributed by atoms with Crippen molar-refractivity contribution in [2.75, 3.05) is 6.61 Å². The van der Waals surface area contributed by atoms with E-state index in [1.165, 1.54) is 0 Å². The molecule has 0 saturated heterocycles. The fourth-order valence-corrected chi connectivity index (χ4v) is 1.80. The predicted octanol–water partition coefficient (Wildman–Crippen LogP) is 2.36. The molecule has 4 nitrogen and oxygen atoms in total. The Bertz CT molecular complexity index is 425. The van der Waals surface area contributed by atoms with Crippen LogP contribution in [0.15, 0.2) is 24.3 Å². The molecule has 20 heavy (non-hydrogen) atoms. The highest BCUT2D eigenvalue weighted by Crippen LogP contribution is 2.11. The molecule has 0 unspecified atom stereocenters. The van der Waals surface area contributed by atoms with Gasteiger partial charge in [-0.2, -0.15) is 0 Å². The van der Waals surface area contributed by atoms with Crippen molar-refractivity contribution < 1.29 is 9.53 Å². The van der Waals surface area contributed by atoms with Crippen molar-refractivity contribution in [2.24, 2.45) is 5.73 Å². The Hall–Kier alpha value is -1.39. The molecule has 3 N–H and O–H groups in total. The summed E-state index contributed by atoms with van der Waals surface area (Å²) in [6.07, 6.45) is 1.14. The van der Waals surface area contributed by atoms with E-state index >= 15 is 0 Å². The summed E-state index contributed by atoms with van der Waals surface area (Å²) in [4.78, 5) is 11.8. The van der Waals surface area contributed by atoms with Crippen molar-refractivity contribution >= 4 is 5.91 Å². The summed E-state index contributed by atoms with van der Waals surface area (Å²) in [6.45, 7) is 7.63. The van der Waals surface area contributed by atoms with Crippen LogP contribution in [0.5, 0.6) is 0 Å². The van der Waals surface area contributed by atoms with E-state index in [4.69, 9.17) is 10.5 Å². The van der Waals surface area contributed by atoms with Crippen LogP contribution in [0.25, 0.3) is 0 Å². The smallest absolute Gasteiger partial charge is 0.220 e. The van der Waals surface area contributed by atoms with Gasteiger partial charge in [0.2, 0.25) is 5.91 Å². The van der Waals surface area contributed by atoms with Crippen molar-refractivity contribution in [1.82, 2.24) is 5.32 Å². The molecule has 0 aliphatic heterocycles. The number of ether oxygens (including phenoxy) is 1. The minimum Gasteiger partial charge on any atom is -0.377 e. The molecule has 1 aromatic carbocycles. The number of benzene rings is 1. The van der Waals surface area contributed by atoms with Gasteiger partial charge in [0.25, 0.3) is 0 Å². The van der Waals surface area contributed by atoms with Crippen LogP contribution in [-0.4, -0.2) is 18.1 Å². The van der Waals surface area contributed by atoms with E-state index in [1.54, 1.807) is 0 Å². The second kappa shape index (κ2) is 8.02. The van der Waals surface area contributed by atoms with Gasteiger partial charge in [-0.3, -0.25) is 4.79 Å². The van der Waals surface area contributed by atoms with Gasteiger partial charge in [-0.1, -0.05) is 24.3 Å². The molecule has 1 amide bonds. The molecule has 0 spiro atoms. The normalized spacial score (nSPS) is 11.4. The topological polar surface area (TPSA) is 64.3 Å². The summed E-state index contributed by atoms with van der Waals surface area (Å²) >= 11 is 0. The van der Waals surface area contributed by atoms with Crippen LogP contribution in [0.3, 0.4) is 0 Å². The Morgan fingerprint density at radius 3 is 2.55 bits per heavy atom. The number of carbonyl (C=O) groups is 1. The van der Waals surface area contributed by atoms with Gasteiger partial charge in [-0.15, -0.1) is 0 Å². The zero-order valence-corrected chi connectivity index (χ0v) is 12.7. The maximum Gasteiger partial charge on any atom is 0.220 e. The van der Waals surface area contributed by atoms with E-state index in [0.717, 1.165) is 11.1 Å². The number of hydrogen-bond donors (Lipinski definition) is 2. The summed E-state index contributed by atoms with van der Waals surface area (Å²) in [5.74, 6) is 0.0368. The summed E-state index contributed by atoms with van der Waals surface area (Å²) < 4.78 is 5.43. The van der Waals surface area contributed by atoms with Crippen LogP contribution in [-0.2, 0) is 22.7 Å². The second-order valence-corrected chi connectivity index (χ2v) is 5.67. The molecular formula is C16H26N2O2. The van der Waals surface area contributed by atoms with Crippen LogP contribution in [0, 0.1) is 0 Å². The maximum absolute atomic E-state index is 11.8.